The minimum Gasteiger partial charge on any atom is -0.326 e. The molecule has 0 aromatic rings. The van der Waals surface area contributed by atoms with Crippen LogP contribution in [0.2, 0.25) is 0 Å². The van der Waals surface area contributed by atoms with Gasteiger partial charge in [0.15, 0.2) is 0 Å². The SMILES string of the molecule is C=CCN([C]=O)C(C)(C)C. The first kappa shape index (κ1) is 9.21. The number of hydrogen-bond acceptors (Lipinski definition) is 1. The third-order valence-electron chi connectivity index (χ3n) is 1.23. The highest BCUT2D eigenvalue weighted by Crippen LogP contribution is 2.09. The third kappa shape index (κ3) is 2.67. The quantitative estimate of drug-likeness (QED) is 0.428. The van der Waals surface area contributed by atoms with E-state index in [2.05, 4.69) is 6.58 Å². The maximum absolute atomic E-state index is 10.3. The Labute approximate surface area is 62.5 Å². The third-order valence-corrected chi connectivity index (χ3v) is 1.23. The summed E-state index contributed by atoms with van der Waals surface area (Å²) in [6.45, 7) is 9.98. The van der Waals surface area contributed by atoms with Crippen LogP contribution in [0.15, 0.2) is 12.7 Å². The molecule has 0 unspecified atom stereocenters. The van der Waals surface area contributed by atoms with Crippen molar-refractivity contribution in [1.82, 2.24) is 4.90 Å². The predicted octanol–water partition coefficient (Wildman–Crippen LogP) is 1.34. The Kier molecular flexibility index (Phi) is 3.13. The Morgan fingerprint density at radius 1 is 1.60 bits per heavy atom. The summed E-state index contributed by atoms with van der Waals surface area (Å²) in [5.74, 6) is 0. The fourth-order valence-electron chi connectivity index (χ4n) is 0.577. The Hall–Kier alpha value is -0.790. The van der Waals surface area contributed by atoms with Gasteiger partial charge in [0.05, 0.1) is 0 Å². The molecule has 0 spiro atoms. The van der Waals surface area contributed by atoms with E-state index in [1.165, 1.54) is 0 Å². The molecule has 0 aromatic heterocycles. The Morgan fingerprint density at radius 2 is 2.10 bits per heavy atom. The second-order valence-corrected chi connectivity index (χ2v) is 3.16. The van der Waals surface area contributed by atoms with E-state index in [-0.39, 0.29) is 5.54 Å². The highest BCUT2D eigenvalue weighted by molar-refractivity contribution is 5.49. The molecule has 0 aliphatic heterocycles. The van der Waals surface area contributed by atoms with Crippen molar-refractivity contribution in [2.75, 3.05) is 6.54 Å². The smallest absolute Gasteiger partial charge is 0.312 e. The molecule has 0 saturated carbocycles. The van der Waals surface area contributed by atoms with Crippen LogP contribution in [-0.2, 0) is 4.79 Å². The first-order chi connectivity index (χ1) is 4.52. The molecule has 0 aliphatic carbocycles. The van der Waals surface area contributed by atoms with Crippen LogP contribution in [0.4, 0.5) is 0 Å². The van der Waals surface area contributed by atoms with Crippen LogP contribution in [0.25, 0.3) is 0 Å². The molecule has 0 aliphatic rings. The normalized spacial score (nSPS) is 10.7. The van der Waals surface area contributed by atoms with Crippen molar-refractivity contribution in [2.24, 2.45) is 0 Å². The fraction of sp³-hybridized carbons (Fsp3) is 0.625. The number of carbonyl (C=O) groups excluding carboxylic acids is 1. The van der Waals surface area contributed by atoms with E-state index in [0.717, 1.165) is 0 Å². The molecule has 1 radical (unpaired) electrons. The molecule has 10 heavy (non-hydrogen) atoms. The highest BCUT2D eigenvalue weighted by Gasteiger charge is 2.18. The van der Waals surface area contributed by atoms with Crippen molar-refractivity contribution in [1.29, 1.82) is 0 Å². The second kappa shape index (κ2) is 3.40. The molecule has 0 saturated heterocycles. The van der Waals surface area contributed by atoms with Crippen LogP contribution in [-0.4, -0.2) is 23.4 Å². The van der Waals surface area contributed by atoms with E-state index in [9.17, 15) is 4.79 Å². The van der Waals surface area contributed by atoms with Gasteiger partial charge in [0.2, 0.25) is 0 Å². The molecule has 1 amide bonds. The Morgan fingerprint density at radius 3 is 2.20 bits per heavy atom. The van der Waals surface area contributed by atoms with Crippen LogP contribution >= 0.6 is 0 Å². The molecule has 0 N–H and O–H groups in total. The Balaban J connectivity index is 4.05. The summed E-state index contributed by atoms with van der Waals surface area (Å²) in [6, 6.07) is 0. The Bertz CT molecular complexity index is 124. The standard InChI is InChI=1S/C8H14NO/c1-5-6-9(7-10)8(2,3)4/h5H,1,6H2,2-4H3. The van der Waals surface area contributed by atoms with Crippen molar-refractivity contribution in [2.45, 2.75) is 26.3 Å². The summed E-state index contributed by atoms with van der Waals surface area (Å²) in [6.07, 6.45) is 3.55. The van der Waals surface area contributed by atoms with E-state index in [4.69, 9.17) is 0 Å². The molecule has 0 rings (SSSR count). The zero-order valence-corrected chi connectivity index (χ0v) is 6.85. The van der Waals surface area contributed by atoms with Crippen molar-refractivity contribution in [3.05, 3.63) is 12.7 Å². The minimum atomic E-state index is -0.143. The van der Waals surface area contributed by atoms with Crippen LogP contribution in [0, 0.1) is 0 Å². The van der Waals surface area contributed by atoms with Gasteiger partial charge in [0, 0.05) is 12.1 Å². The van der Waals surface area contributed by atoms with Crippen molar-refractivity contribution >= 4 is 6.41 Å². The lowest BCUT2D eigenvalue weighted by Gasteiger charge is -2.29. The lowest BCUT2D eigenvalue weighted by atomic mass is 10.1. The molecule has 0 fully saturated rings. The summed E-state index contributed by atoms with van der Waals surface area (Å²) in [7, 11) is 0. The van der Waals surface area contributed by atoms with Gasteiger partial charge in [-0.2, -0.15) is 0 Å². The summed E-state index contributed by atoms with van der Waals surface area (Å²) < 4.78 is 0. The number of rotatable bonds is 3. The number of nitrogens with zero attached hydrogens (tertiary/aromatic N) is 1. The lowest BCUT2D eigenvalue weighted by molar-refractivity contribution is 0.245. The predicted molar refractivity (Wildman–Crippen MR) is 42.3 cm³/mol. The van der Waals surface area contributed by atoms with Gasteiger partial charge in [-0.05, 0) is 20.8 Å². The number of hydrogen-bond donors (Lipinski definition) is 0. The highest BCUT2D eigenvalue weighted by atomic mass is 16.1. The maximum atomic E-state index is 10.3. The van der Waals surface area contributed by atoms with Gasteiger partial charge < -0.3 is 4.90 Å². The van der Waals surface area contributed by atoms with Gasteiger partial charge in [-0.1, -0.05) is 6.08 Å². The summed E-state index contributed by atoms with van der Waals surface area (Å²) in [5, 5.41) is 0. The summed E-state index contributed by atoms with van der Waals surface area (Å²) >= 11 is 0. The van der Waals surface area contributed by atoms with Gasteiger partial charge in [0.25, 0.3) is 0 Å². The molecular formula is C8H14NO. The molecule has 0 atom stereocenters. The molecular weight excluding hydrogens is 126 g/mol. The largest absolute Gasteiger partial charge is 0.326 e. The maximum Gasteiger partial charge on any atom is 0.312 e. The van der Waals surface area contributed by atoms with Crippen molar-refractivity contribution < 1.29 is 4.79 Å². The molecule has 0 heterocycles. The first-order valence-electron chi connectivity index (χ1n) is 3.28. The van der Waals surface area contributed by atoms with Crippen molar-refractivity contribution in [3.8, 4) is 0 Å². The topological polar surface area (TPSA) is 20.3 Å². The van der Waals surface area contributed by atoms with Gasteiger partial charge in [0.1, 0.15) is 0 Å². The average molecular weight is 140 g/mol. The zero-order valence-electron chi connectivity index (χ0n) is 6.85. The van der Waals surface area contributed by atoms with E-state index in [0.29, 0.717) is 6.54 Å². The summed E-state index contributed by atoms with van der Waals surface area (Å²) in [4.78, 5) is 11.9. The molecule has 2 heteroatoms. The van der Waals surface area contributed by atoms with Crippen LogP contribution < -0.4 is 0 Å². The number of amides is 1. The summed E-state index contributed by atoms with van der Waals surface area (Å²) in [5.41, 5.74) is -0.143. The first-order valence-corrected chi connectivity index (χ1v) is 3.28. The van der Waals surface area contributed by atoms with E-state index in [1.54, 1.807) is 11.0 Å². The van der Waals surface area contributed by atoms with Gasteiger partial charge >= 0.3 is 6.41 Å². The van der Waals surface area contributed by atoms with Crippen molar-refractivity contribution in [3.63, 3.8) is 0 Å². The van der Waals surface area contributed by atoms with E-state index >= 15 is 0 Å². The van der Waals surface area contributed by atoms with E-state index in [1.807, 2.05) is 27.2 Å². The fourth-order valence-corrected chi connectivity index (χ4v) is 0.577. The van der Waals surface area contributed by atoms with Gasteiger partial charge in [-0.15, -0.1) is 6.58 Å². The van der Waals surface area contributed by atoms with Crippen LogP contribution in [0.3, 0.4) is 0 Å². The molecule has 57 valence electrons. The minimum absolute atomic E-state index is 0.143. The van der Waals surface area contributed by atoms with E-state index < -0.39 is 0 Å². The average Bonchev–Trinajstić information content (AvgIpc) is 1.80. The van der Waals surface area contributed by atoms with Crippen LogP contribution in [0.1, 0.15) is 20.8 Å². The van der Waals surface area contributed by atoms with Crippen LogP contribution in [0.5, 0.6) is 0 Å². The second-order valence-electron chi connectivity index (χ2n) is 3.16. The molecule has 0 bridgehead atoms. The zero-order chi connectivity index (χ0) is 8.20. The van der Waals surface area contributed by atoms with Gasteiger partial charge in [-0.3, -0.25) is 4.79 Å². The lowest BCUT2D eigenvalue weighted by Crippen LogP contribution is -2.40. The van der Waals surface area contributed by atoms with Gasteiger partial charge in [-0.25, -0.2) is 0 Å². The molecule has 0 aromatic carbocycles. The molecule has 2 nitrogen and oxygen atoms in total. The monoisotopic (exact) mass is 140 g/mol.